The largest absolute Gasteiger partial charge is 0.504 e. The minimum Gasteiger partial charge on any atom is -0.504 e. The fourth-order valence-electron chi connectivity index (χ4n) is 1.37. The molecule has 0 fully saturated rings. The molecule has 0 spiro atoms. The number of benzene rings is 1. The van der Waals surface area contributed by atoms with Crippen LogP contribution in [0.25, 0.3) is 0 Å². The Balaban J connectivity index is 2.98. The van der Waals surface area contributed by atoms with Gasteiger partial charge in [-0.3, -0.25) is 0 Å². The molecular weight excluding hydrogens is 178 g/mol. The molecule has 0 radical (unpaired) electrons. The molecule has 0 bridgehead atoms. The zero-order valence-corrected chi connectivity index (χ0v) is 8.87. The molecule has 0 aliphatic heterocycles. The van der Waals surface area contributed by atoms with Crippen LogP contribution in [0.4, 0.5) is 0 Å². The molecule has 3 heteroatoms. The van der Waals surface area contributed by atoms with Crippen molar-refractivity contribution in [2.24, 2.45) is 5.73 Å². The summed E-state index contributed by atoms with van der Waals surface area (Å²) < 4.78 is 5.01. The van der Waals surface area contributed by atoms with Gasteiger partial charge in [-0.2, -0.15) is 0 Å². The third-order valence-corrected chi connectivity index (χ3v) is 1.95. The Morgan fingerprint density at radius 1 is 1.43 bits per heavy atom. The number of ether oxygens (including phenoxy) is 1. The van der Waals surface area contributed by atoms with Crippen molar-refractivity contribution in [1.29, 1.82) is 0 Å². The Hall–Kier alpha value is -1.22. The first-order valence-electron chi connectivity index (χ1n) is 4.58. The van der Waals surface area contributed by atoms with Crippen molar-refractivity contribution in [3.05, 3.63) is 23.8 Å². The molecule has 0 unspecified atom stereocenters. The standard InChI is InChI=1S/C11H17NO2/c1-11(2,12)7-8-5-4-6-9(14-3)10(8)13/h4-6,13H,7,12H2,1-3H3. The van der Waals surface area contributed by atoms with Gasteiger partial charge in [0.15, 0.2) is 11.5 Å². The van der Waals surface area contributed by atoms with E-state index in [2.05, 4.69) is 0 Å². The van der Waals surface area contributed by atoms with Crippen LogP contribution in [0.2, 0.25) is 0 Å². The van der Waals surface area contributed by atoms with Crippen LogP contribution in [0.5, 0.6) is 11.5 Å². The van der Waals surface area contributed by atoms with Crippen LogP contribution in [0, 0.1) is 0 Å². The van der Waals surface area contributed by atoms with E-state index in [1.807, 2.05) is 26.0 Å². The van der Waals surface area contributed by atoms with Crippen LogP contribution >= 0.6 is 0 Å². The summed E-state index contributed by atoms with van der Waals surface area (Å²) in [5.74, 6) is 0.681. The predicted molar refractivity (Wildman–Crippen MR) is 56.6 cm³/mol. The van der Waals surface area contributed by atoms with Crippen molar-refractivity contribution in [1.82, 2.24) is 0 Å². The van der Waals surface area contributed by atoms with E-state index in [0.717, 1.165) is 5.56 Å². The fourth-order valence-corrected chi connectivity index (χ4v) is 1.37. The highest BCUT2D eigenvalue weighted by Gasteiger charge is 2.16. The van der Waals surface area contributed by atoms with E-state index in [9.17, 15) is 5.11 Å². The zero-order valence-electron chi connectivity index (χ0n) is 8.87. The summed E-state index contributed by atoms with van der Waals surface area (Å²) >= 11 is 0. The zero-order chi connectivity index (χ0) is 10.8. The third kappa shape index (κ3) is 2.64. The van der Waals surface area contributed by atoms with Gasteiger partial charge in [0.25, 0.3) is 0 Å². The lowest BCUT2D eigenvalue weighted by Gasteiger charge is -2.19. The maximum atomic E-state index is 9.77. The highest BCUT2D eigenvalue weighted by atomic mass is 16.5. The van der Waals surface area contributed by atoms with E-state index >= 15 is 0 Å². The van der Waals surface area contributed by atoms with E-state index < -0.39 is 0 Å². The molecule has 14 heavy (non-hydrogen) atoms. The molecule has 0 saturated heterocycles. The Morgan fingerprint density at radius 2 is 2.07 bits per heavy atom. The van der Waals surface area contributed by atoms with Gasteiger partial charge in [-0.15, -0.1) is 0 Å². The summed E-state index contributed by atoms with van der Waals surface area (Å²) in [6, 6.07) is 5.43. The van der Waals surface area contributed by atoms with Gasteiger partial charge in [0.1, 0.15) is 0 Å². The predicted octanol–water partition coefficient (Wildman–Crippen LogP) is 1.68. The van der Waals surface area contributed by atoms with Crippen molar-refractivity contribution in [2.45, 2.75) is 25.8 Å². The number of methoxy groups -OCH3 is 1. The molecule has 78 valence electrons. The number of para-hydroxylation sites is 1. The average molecular weight is 195 g/mol. The molecular formula is C11H17NO2. The molecule has 0 aromatic heterocycles. The molecule has 1 rings (SSSR count). The van der Waals surface area contributed by atoms with Crippen molar-refractivity contribution in [2.75, 3.05) is 7.11 Å². The minimum atomic E-state index is -0.330. The molecule has 0 aliphatic rings. The summed E-state index contributed by atoms with van der Waals surface area (Å²) in [5, 5.41) is 9.77. The number of phenolic OH excluding ortho intramolecular Hbond substituents is 1. The van der Waals surface area contributed by atoms with Gasteiger partial charge < -0.3 is 15.6 Å². The Kier molecular flexibility index (Phi) is 3.01. The van der Waals surface area contributed by atoms with E-state index in [1.54, 1.807) is 6.07 Å². The first kappa shape index (κ1) is 10.9. The fraction of sp³-hybridized carbons (Fsp3) is 0.455. The first-order chi connectivity index (χ1) is 6.44. The van der Waals surface area contributed by atoms with Gasteiger partial charge in [0.2, 0.25) is 0 Å². The van der Waals surface area contributed by atoms with Gasteiger partial charge >= 0.3 is 0 Å². The van der Waals surface area contributed by atoms with Crippen molar-refractivity contribution in [3.63, 3.8) is 0 Å². The summed E-state index contributed by atoms with van der Waals surface area (Å²) in [6.45, 7) is 3.85. The number of nitrogens with two attached hydrogens (primary N) is 1. The van der Waals surface area contributed by atoms with E-state index in [1.165, 1.54) is 7.11 Å². The van der Waals surface area contributed by atoms with E-state index in [4.69, 9.17) is 10.5 Å². The van der Waals surface area contributed by atoms with Crippen LogP contribution in [0.1, 0.15) is 19.4 Å². The maximum absolute atomic E-state index is 9.77. The Labute approximate surface area is 84.5 Å². The van der Waals surface area contributed by atoms with E-state index in [-0.39, 0.29) is 11.3 Å². The molecule has 0 saturated carbocycles. The highest BCUT2D eigenvalue weighted by molar-refractivity contribution is 5.45. The van der Waals surface area contributed by atoms with Gasteiger partial charge in [-0.1, -0.05) is 12.1 Å². The molecule has 1 aromatic carbocycles. The lowest BCUT2D eigenvalue weighted by Crippen LogP contribution is -2.34. The topological polar surface area (TPSA) is 55.5 Å². The van der Waals surface area contributed by atoms with Gasteiger partial charge in [-0.05, 0) is 31.9 Å². The van der Waals surface area contributed by atoms with Gasteiger partial charge in [0.05, 0.1) is 7.11 Å². The number of hydrogen-bond acceptors (Lipinski definition) is 3. The van der Waals surface area contributed by atoms with Crippen molar-refractivity contribution >= 4 is 0 Å². The molecule has 3 N–H and O–H groups in total. The molecule has 0 heterocycles. The second kappa shape index (κ2) is 3.88. The number of hydrogen-bond donors (Lipinski definition) is 2. The van der Waals surface area contributed by atoms with E-state index in [0.29, 0.717) is 12.2 Å². The van der Waals surface area contributed by atoms with Crippen molar-refractivity contribution in [3.8, 4) is 11.5 Å². The SMILES string of the molecule is COc1cccc(CC(C)(C)N)c1O. The maximum Gasteiger partial charge on any atom is 0.160 e. The number of phenols is 1. The normalized spacial score (nSPS) is 11.4. The average Bonchev–Trinajstić information content (AvgIpc) is 2.06. The molecule has 0 aliphatic carbocycles. The monoisotopic (exact) mass is 195 g/mol. The number of aromatic hydroxyl groups is 1. The smallest absolute Gasteiger partial charge is 0.160 e. The third-order valence-electron chi connectivity index (χ3n) is 1.95. The van der Waals surface area contributed by atoms with Crippen LogP contribution in [-0.2, 0) is 6.42 Å². The molecule has 0 amide bonds. The van der Waals surface area contributed by atoms with Crippen molar-refractivity contribution < 1.29 is 9.84 Å². The lowest BCUT2D eigenvalue weighted by atomic mass is 9.95. The summed E-state index contributed by atoms with van der Waals surface area (Å²) in [5.41, 5.74) is 6.36. The Bertz CT molecular complexity index is 316. The number of rotatable bonds is 3. The van der Waals surface area contributed by atoms with Crippen LogP contribution in [-0.4, -0.2) is 17.8 Å². The highest BCUT2D eigenvalue weighted by Crippen LogP contribution is 2.31. The summed E-state index contributed by atoms with van der Waals surface area (Å²) in [7, 11) is 1.53. The summed E-state index contributed by atoms with van der Waals surface area (Å²) in [6.07, 6.45) is 0.621. The van der Waals surface area contributed by atoms with Crippen LogP contribution < -0.4 is 10.5 Å². The second-order valence-corrected chi connectivity index (χ2v) is 4.13. The van der Waals surface area contributed by atoms with Gasteiger partial charge in [0, 0.05) is 5.54 Å². The summed E-state index contributed by atoms with van der Waals surface area (Å²) in [4.78, 5) is 0. The Morgan fingerprint density at radius 3 is 2.57 bits per heavy atom. The quantitative estimate of drug-likeness (QED) is 0.771. The molecule has 3 nitrogen and oxygen atoms in total. The minimum absolute atomic E-state index is 0.188. The molecule has 0 atom stereocenters. The van der Waals surface area contributed by atoms with Gasteiger partial charge in [-0.25, -0.2) is 0 Å². The lowest BCUT2D eigenvalue weighted by molar-refractivity contribution is 0.367. The van der Waals surface area contributed by atoms with Crippen LogP contribution in [0.15, 0.2) is 18.2 Å². The van der Waals surface area contributed by atoms with Crippen LogP contribution in [0.3, 0.4) is 0 Å². The first-order valence-corrected chi connectivity index (χ1v) is 4.58. The second-order valence-electron chi connectivity index (χ2n) is 4.13. The molecule has 1 aromatic rings.